The molecule has 9 heteroatoms. The number of benzene rings is 1. The lowest BCUT2D eigenvalue weighted by atomic mass is 9.98. The number of rotatable bonds is 6. The molecule has 1 heterocycles. The van der Waals surface area contributed by atoms with Gasteiger partial charge in [0.05, 0.1) is 11.4 Å². The molecule has 0 aromatic heterocycles. The molecular weight excluding hydrogens is 385 g/mol. The molecule has 1 unspecified atom stereocenters. The molecule has 0 aliphatic carbocycles. The maximum atomic E-state index is 12.5. The first-order valence-corrected chi connectivity index (χ1v) is 9.80. The van der Waals surface area contributed by atoms with Crippen LogP contribution < -0.4 is 5.32 Å². The van der Waals surface area contributed by atoms with Crippen LogP contribution in [0.2, 0.25) is 5.02 Å². The predicted molar refractivity (Wildman–Crippen MR) is 102 cm³/mol. The Morgan fingerprint density at radius 3 is 2.60 bits per heavy atom. The number of halogens is 2. The Hall–Kier alpha value is -0.860. The third-order valence-electron chi connectivity index (χ3n) is 4.24. The van der Waals surface area contributed by atoms with Crippen molar-refractivity contribution in [3.8, 4) is 0 Å². The van der Waals surface area contributed by atoms with E-state index >= 15 is 0 Å². The fourth-order valence-corrected chi connectivity index (χ4v) is 4.16. The highest BCUT2D eigenvalue weighted by Gasteiger charge is 2.28. The molecule has 1 aliphatic rings. The van der Waals surface area contributed by atoms with E-state index in [-0.39, 0.29) is 29.8 Å². The van der Waals surface area contributed by atoms with Gasteiger partial charge in [-0.3, -0.25) is 4.79 Å². The van der Waals surface area contributed by atoms with Crippen LogP contribution in [0, 0.1) is 5.92 Å². The molecule has 0 saturated carbocycles. The van der Waals surface area contributed by atoms with Gasteiger partial charge in [0.2, 0.25) is 15.9 Å². The van der Waals surface area contributed by atoms with Gasteiger partial charge in [0, 0.05) is 25.2 Å². The molecule has 0 radical (unpaired) electrons. The van der Waals surface area contributed by atoms with Gasteiger partial charge >= 0.3 is 0 Å². The number of hydrogen-bond donors (Lipinski definition) is 1. The third kappa shape index (κ3) is 5.82. The Morgan fingerprint density at radius 2 is 2.00 bits per heavy atom. The molecular formula is C16H25Cl2N3O3S. The fraction of sp³-hybridized carbons (Fsp3) is 0.562. The Morgan fingerprint density at radius 1 is 1.36 bits per heavy atom. The maximum Gasteiger partial charge on any atom is 0.243 e. The number of likely N-dealkylation sites (N-methyl/N-ethyl adjacent to an activating group) is 1. The molecule has 0 bridgehead atoms. The molecule has 1 N–H and O–H groups in total. The first-order valence-electron chi connectivity index (χ1n) is 7.99. The minimum atomic E-state index is -3.70. The van der Waals surface area contributed by atoms with Crippen molar-refractivity contribution in [1.82, 2.24) is 14.5 Å². The van der Waals surface area contributed by atoms with Crippen molar-refractivity contribution in [1.29, 1.82) is 0 Å². The van der Waals surface area contributed by atoms with E-state index in [1.54, 1.807) is 4.90 Å². The average molecular weight is 410 g/mol. The van der Waals surface area contributed by atoms with Crippen LogP contribution in [-0.4, -0.2) is 63.8 Å². The number of nitrogens with zero attached hydrogens (tertiary/aromatic N) is 2. The summed E-state index contributed by atoms with van der Waals surface area (Å²) in [5.41, 5.74) is 0. The number of piperidine rings is 1. The molecule has 0 spiro atoms. The number of amides is 1. The van der Waals surface area contributed by atoms with E-state index in [0.717, 1.165) is 23.7 Å². The average Bonchev–Trinajstić information content (AvgIpc) is 2.55. The summed E-state index contributed by atoms with van der Waals surface area (Å²) < 4.78 is 26.2. The number of hydrogen-bond acceptors (Lipinski definition) is 4. The van der Waals surface area contributed by atoms with Gasteiger partial charge in [-0.15, -0.1) is 12.4 Å². The molecule has 142 valence electrons. The minimum Gasteiger partial charge on any atom is -0.341 e. The monoisotopic (exact) mass is 409 g/mol. The number of carbonyl (C=O) groups excluding carboxylic acids is 1. The second-order valence-electron chi connectivity index (χ2n) is 6.12. The Bertz CT molecular complexity index is 666. The highest BCUT2D eigenvalue weighted by Crippen LogP contribution is 2.19. The first-order chi connectivity index (χ1) is 11.3. The topological polar surface area (TPSA) is 69.7 Å². The van der Waals surface area contributed by atoms with Gasteiger partial charge in [-0.05, 0) is 56.6 Å². The van der Waals surface area contributed by atoms with E-state index in [9.17, 15) is 13.2 Å². The minimum absolute atomic E-state index is 0. The van der Waals surface area contributed by atoms with Gasteiger partial charge < -0.3 is 10.2 Å². The van der Waals surface area contributed by atoms with Crippen LogP contribution in [0.25, 0.3) is 0 Å². The molecule has 1 fully saturated rings. The summed E-state index contributed by atoms with van der Waals surface area (Å²) in [6.45, 7) is 2.07. The Kier molecular flexibility index (Phi) is 8.63. The van der Waals surface area contributed by atoms with Gasteiger partial charge in [0.1, 0.15) is 0 Å². The molecule has 1 aromatic rings. The quantitative estimate of drug-likeness (QED) is 0.777. The van der Waals surface area contributed by atoms with E-state index in [0.29, 0.717) is 24.0 Å². The summed E-state index contributed by atoms with van der Waals surface area (Å²) in [6.07, 6.45) is 2.04. The van der Waals surface area contributed by atoms with Crippen molar-refractivity contribution in [3.63, 3.8) is 0 Å². The van der Waals surface area contributed by atoms with Crippen LogP contribution >= 0.6 is 24.0 Å². The van der Waals surface area contributed by atoms with Crippen LogP contribution in [-0.2, 0) is 14.8 Å². The first kappa shape index (κ1) is 22.2. The van der Waals surface area contributed by atoms with Crippen LogP contribution in [0.3, 0.4) is 0 Å². The van der Waals surface area contributed by atoms with Crippen molar-refractivity contribution >= 4 is 39.9 Å². The predicted octanol–water partition coefficient (Wildman–Crippen LogP) is 1.84. The van der Waals surface area contributed by atoms with E-state index < -0.39 is 10.0 Å². The summed E-state index contributed by atoms with van der Waals surface area (Å²) in [6, 6.07) is 5.94. The van der Waals surface area contributed by atoms with Crippen LogP contribution in [0.15, 0.2) is 29.2 Å². The highest BCUT2D eigenvalue weighted by molar-refractivity contribution is 7.89. The van der Waals surface area contributed by atoms with Crippen molar-refractivity contribution in [2.75, 3.05) is 40.3 Å². The normalized spacial score (nSPS) is 18.1. The molecule has 1 amide bonds. The second-order valence-corrected chi connectivity index (χ2v) is 8.60. The molecule has 1 aliphatic heterocycles. The van der Waals surface area contributed by atoms with Crippen molar-refractivity contribution in [3.05, 3.63) is 29.3 Å². The molecule has 6 nitrogen and oxygen atoms in total. The van der Waals surface area contributed by atoms with Gasteiger partial charge in [-0.1, -0.05) is 11.6 Å². The van der Waals surface area contributed by atoms with E-state index in [2.05, 4.69) is 5.32 Å². The van der Waals surface area contributed by atoms with Gasteiger partial charge in [0.25, 0.3) is 0 Å². The molecule has 1 aromatic carbocycles. The summed E-state index contributed by atoms with van der Waals surface area (Å²) in [4.78, 5) is 14.4. The summed E-state index contributed by atoms with van der Waals surface area (Å²) >= 11 is 5.79. The smallest absolute Gasteiger partial charge is 0.243 e. The molecule has 1 atom stereocenters. The van der Waals surface area contributed by atoms with Crippen molar-refractivity contribution in [2.24, 2.45) is 5.92 Å². The van der Waals surface area contributed by atoms with Crippen molar-refractivity contribution in [2.45, 2.75) is 17.7 Å². The van der Waals surface area contributed by atoms with Gasteiger partial charge in [0.15, 0.2) is 0 Å². The lowest BCUT2D eigenvalue weighted by molar-refractivity contribution is -0.133. The van der Waals surface area contributed by atoms with E-state index in [4.69, 9.17) is 11.6 Å². The molecule has 2 rings (SSSR count). The summed E-state index contributed by atoms with van der Waals surface area (Å²) in [7, 11) is -0.375. The highest BCUT2D eigenvalue weighted by atomic mass is 35.5. The molecule has 25 heavy (non-hydrogen) atoms. The van der Waals surface area contributed by atoms with E-state index in [1.165, 1.54) is 31.3 Å². The number of nitrogens with one attached hydrogen (secondary N) is 1. The van der Waals surface area contributed by atoms with Crippen LogP contribution in [0.5, 0.6) is 0 Å². The van der Waals surface area contributed by atoms with Crippen LogP contribution in [0.1, 0.15) is 12.8 Å². The Balaban J connectivity index is 0.00000312. The summed E-state index contributed by atoms with van der Waals surface area (Å²) in [5.74, 6) is 0.265. The fourth-order valence-electron chi connectivity index (χ4n) is 2.91. The lowest BCUT2D eigenvalue weighted by Crippen LogP contribution is -2.46. The lowest BCUT2D eigenvalue weighted by Gasteiger charge is -2.33. The molecule has 1 saturated heterocycles. The standard InChI is InChI=1S/C16H24ClN3O3S.ClH/c1-18-10-13-4-3-9-20(11-13)16(21)12-19(2)24(22,23)15-7-5-14(17)6-8-15;/h5-8,13,18H,3-4,9-12H2,1-2H3;1H. The zero-order valence-corrected chi connectivity index (χ0v) is 16.8. The third-order valence-corrected chi connectivity index (χ3v) is 6.31. The maximum absolute atomic E-state index is 12.5. The van der Waals surface area contributed by atoms with Crippen molar-refractivity contribution < 1.29 is 13.2 Å². The SMILES string of the molecule is CNCC1CCCN(C(=O)CN(C)S(=O)(=O)c2ccc(Cl)cc2)C1.Cl. The van der Waals surface area contributed by atoms with Crippen LogP contribution in [0.4, 0.5) is 0 Å². The number of sulfonamides is 1. The zero-order chi connectivity index (χ0) is 17.7. The summed E-state index contributed by atoms with van der Waals surface area (Å²) in [5, 5.41) is 3.60. The number of likely N-dealkylation sites (tertiary alicyclic amines) is 1. The zero-order valence-electron chi connectivity index (χ0n) is 14.4. The largest absolute Gasteiger partial charge is 0.341 e. The Labute approximate surface area is 161 Å². The van der Waals surface area contributed by atoms with E-state index in [1.807, 2.05) is 7.05 Å². The number of carbonyl (C=O) groups is 1. The van der Waals surface area contributed by atoms with Gasteiger partial charge in [-0.25, -0.2) is 8.42 Å². The second kappa shape index (κ2) is 9.73. The van der Waals surface area contributed by atoms with Gasteiger partial charge in [-0.2, -0.15) is 4.31 Å².